The van der Waals surface area contributed by atoms with Gasteiger partial charge in [0.25, 0.3) is 11.5 Å². The van der Waals surface area contributed by atoms with E-state index < -0.39 is 42.0 Å². The zero-order chi connectivity index (χ0) is 33.4. The summed E-state index contributed by atoms with van der Waals surface area (Å²) in [6, 6.07) is 12.9. The van der Waals surface area contributed by atoms with Crippen LogP contribution in [0.25, 0.3) is 21.7 Å². The second-order valence-electron chi connectivity index (χ2n) is 9.16. The highest BCUT2D eigenvalue weighted by Crippen LogP contribution is 2.34. The third kappa shape index (κ3) is 10.1. The van der Waals surface area contributed by atoms with Crippen molar-refractivity contribution in [3.63, 3.8) is 0 Å². The minimum Gasteiger partial charge on any atom is -0.493 e. The second-order valence-corrected chi connectivity index (χ2v) is 10.3. The number of thiophene rings is 1. The molecule has 0 spiro atoms. The molecule has 14 heteroatoms. The number of H-pyrrole nitrogens is 1. The summed E-state index contributed by atoms with van der Waals surface area (Å²) >= 11 is 1.31. The van der Waals surface area contributed by atoms with E-state index in [4.69, 9.17) is 4.74 Å². The number of aromatic nitrogens is 1. The van der Waals surface area contributed by atoms with Crippen molar-refractivity contribution in [1.29, 1.82) is 0 Å². The fourth-order valence-corrected chi connectivity index (χ4v) is 5.01. The molecule has 6 nitrogen and oxygen atoms in total. The standard InChI is InChI=1S/C29H23F7N2O4S.C2H6/c1-2-19-9-11-24(43-19)21-15-23(20-10-8-18(14-22(20)30)41-13-3-12-28(31,32)33)38-27(40)25(21)26(39)37-16-4-6-17(7-5-16)42-29(34,35)36;1-2/h4-11,14-15H,2-3,12-13H2,1H3,(H,37,39)(H,38,40);1-2H3. The van der Waals surface area contributed by atoms with Crippen molar-refractivity contribution in [3.05, 3.63) is 87.3 Å². The Bertz CT molecular complexity index is 1650. The molecule has 0 bridgehead atoms. The number of nitrogens with one attached hydrogen (secondary N) is 2. The molecule has 4 rings (SSSR count). The third-order valence-corrected chi connectivity index (χ3v) is 7.25. The van der Waals surface area contributed by atoms with Crippen LogP contribution in [-0.4, -0.2) is 30.0 Å². The topological polar surface area (TPSA) is 80.4 Å². The Labute approximate surface area is 257 Å². The van der Waals surface area contributed by atoms with Crippen LogP contribution in [-0.2, 0) is 6.42 Å². The lowest BCUT2D eigenvalue weighted by atomic mass is 10.0. The van der Waals surface area contributed by atoms with Crippen LogP contribution in [0, 0.1) is 5.82 Å². The molecule has 242 valence electrons. The third-order valence-electron chi connectivity index (χ3n) is 5.99. The van der Waals surface area contributed by atoms with E-state index in [1.807, 2.05) is 26.8 Å². The first-order valence-electron chi connectivity index (χ1n) is 13.8. The van der Waals surface area contributed by atoms with Gasteiger partial charge in [-0.3, -0.25) is 9.59 Å². The lowest BCUT2D eigenvalue weighted by Crippen LogP contribution is -2.25. The molecule has 2 heterocycles. The van der Waals surface area contributed by atoms with Crippen molar-refractivity contribution < 1.29 is 45.0 Å². The SMILES string of the molecule is CC.CCc1ccc(-c2cc(-c3ccc(OCCCC(F)(F)F)cc3F)[nH]c(=O)c2C(=O)Nc2ccc(OC(F)(F)F)cc2)s1. The van der Waals surface area contributed by atoms with E-state index in [9.17, 15) is 35.9 Å². The molecule has 0 aliphatic carbocycles. The van der Waals surface area contributed by atoms with E-state index in [2.05, 4.69) is 15.0 Å². The number of carbonyl (C=O) groups is 1. The number of carbonyl (C=O) groups excluding carboxylic acids is 1. The maximum Gasteiger partial charge on any atom is 0.573 e. The number of ether oxygens (including phenoxy) is 2. The number of halogens is 7. The molecule has 45 heavy (non-hydrogen) atoms. The Kier molecular flexibility index (Phi) is 11.8. The van der Waals surface area contributed by atoms with E-state index in [1.54, 1.807) is 6.07 Å². The molecule has 4 aromatic rings. The monoisotopic (exact) mass is 658 g/mol. The summed E-state index contributed by atoms with van der Waals surface area (Å²) in [5, 5.41) is 2.48. The first-order valence-corrected chi connectivity index (χ1v) is 14.6. The van der Waals surface area contributed by atoms with Gasteiger partial charge in [-0.25, -0.2) is 4.39 Å². The summed E-state index contributed by atoms with van der Waals surface area (Å²) in [6.45, 7) is 5.64. The molecule has 0 saturated carbocycles. The molecule has 2 aromatic heterocycles. The van der Waals surface area contributed by atoms with Gasteiger partial charge in [0.2, 0.25) is 0 Å². The van der Waals surface area contributed by atoms with Crippen molar-refractivity contribution in [1.82, 2.24) is 4.98 Å². The second kappa shape index (κ2) is 15.1. The summed E-state index contributed by atoms with van der Waals surface area (Å²) in [5.41, 5.74) is -0.927. The number of aryl methyl sites for hydroxylation is 1. The summed E-state index contributed by atoms with van der Waals surface area (Å²) < 4.78 is 98.5. The number of hydrogen-bond acceptors (Lipinski definition) is 5. The maximum absolute atomic E-state index is 15.1. The van der Waals surface area contributed by atoms with Crippen molar-refractivity contribution in [3.8, 4) is 33.2 Å². The minimum atomic E-state index is -4.89. The van der Waals surface area contributed by atoms with Gasteiger partial charge in [0.1, 0.15) is 22.9 Å². The Morgan fingerprint density at radius 3 is 2.16 bits per heavy atom. The molecular weight excluding hydrogens is 629 g/mol. The van der Waals surface area contributed by atoms with Gasteiger partial charge in [-0.1, -0.05) is 20.8 Å². The Morgan fingerprint density at radius 2 is 1.58 bits per heavy atom. The van der Waals surface area contributed by atoms with E-state index in [1.165, 1.54) is 41.7 Å². The number of anilines is 1. The van der Waals surface area contributed by atoms with E-state index >= 15 is 4.39 Å². The molecule has 0 saturated heterocycles. The number of pyridine rings is 1. The van der Waals surface area contributed by atoms with Crippen LogP contribution >= 0.6 is 11.3 Å². The molecular formula is C31H29F7N2O4S. The fourth-order valence-electron chi connectivity index (χ4n) is 4.04. The molecule has 0 unspecified atom stereocenters. The van der Waals surface area contributed by atoms with Crippen LogP contribution in [0.1, 0.15) is 48.8 Å². The predicted molar refractivity (Wildman–Crippen MR) is 158 cm³/mol. The highest BCUT2D eigenvalue weighted by Gasteiger charge is 2.31. The normalized spacial score (nSPS) is 11.4. The van der Waals surface area contributed by atoms with Crippen LogP contribution < -0.4 is 20.3 Å². The summed E-state index contributed by atoms with van der Waals surface area (Å²) in [6.07, 6.45) is -9.90. The van der Waals surface area contributed by atoms with Gasteiger partial charge < -0.3 is 19.8 Å². The number of hydrogen-bond donors (Lipinski definition) is 2. The number of aromatic amines is 1. The van der Waals surface area contributed by atoms with Crippen LogP contribution in [0.15, 0.2) is 65.5 Å². The zero-order valence-corrected chi connectivity index (χ0v) is 25.1. The van der Waals surface area contributed by atoms with Crippen molar-refractivity contribution in [2.45, 2.75) is 52.6 Å². The predicted octanol–water partition coefficient (Wildman–Crippen LogP) is 9.37. The van der Waals surface area contributed by atoms with Crippen LogP contribution in [0.2, 0.25) is 0 Å². The number of benzene rings is 2. The molecule has 0 aliphatic heterocycles. The molecule has 0 fully saturated rings. The first kappa shape index (κ1) is 35.2. The Morgan fingerprint density at radius 1 is 0.911 bits per heavy atom. The summed E-state index contributed by atoms with van der Waals surface area (Å²) in [7, 11) is 0. The smallest absolute Gasteiger partial charge is 0.493 e. The highest BCUT2D eigenvalue weighted by molar-refractivity contribution is 7.15. The summed E-state index contributed by atoms with van der Waals surface area (Å²) in [5.74, 6) is -2.19. The van der Waals surface area contributed by atoms with Crippen LogP contribution in [0.5, 0.6) is 11.5 Å². The van der Waals surface area contributed by atoms with Gasteiger partial charge in [0.15, 0.2) is 0 Å². The Hall–Kier alpha value is -4.33. The van der Waals surface area contributed by atoms with Gasteiger partial charge in [-0.15, -0.1) is 24.5 Å². The fraction of sp³-hybridized carbons (Fsp3) is 0.290. The van der Waals surface area contributed by atoms with E-state index in [0.29, 0.717) is 11.3 Å². The Balaban J connectivity index is 0.00000271. The van der Waals surface area contributed by atoms with Gasteiger partial charge in [0, 0.05) is 39.1 Å². The quantitative estimate of drug-likeness (QED) is 0.131. The molecule has 0 radical (unpaired) electrons. The largest absolute Gasteiger partial charge is 0.573 e. The zero-order valence-electron chi connectivity index (χ0n) is 24.3. The maximum atomic E-state index is 15.1. The lowest BCUT2D eigenvalue weighted by molar-refractivity contribution is -0.274. The van der Waals surface area contributed by atoms with Gasteiger partial charge in [-0.05, 0) is 67.4 Å². The molecule has 1 amide bonds. The minimum absolute atomic E-state index is 0.000473. The van der Waals surface area contributed by atoms with E-state index in [0.717, 1.165) is 23.1 Å². The summed E-state index contributed by atoms with van der Waals surface area (Å²) in [4.78, 5) is 30.5. The van der Waals surface area contributed by atoms with Crippen molar-refractivity contribution in [2.75, 3.05) is 11.9 Å². The number of amides is 1. The van der Waals surface area contributed by atoms with Gasteiger partial charge >= 0.3 is 12.5 Å². The van der Waals surface area contributed by atoms with Crippen LogP contribution in [0.3, 0.4) is 0 Å². The number of alkyl halides is 6. The molecule has 0 atom stereocenters. The highest BCUT2D eigenvalue weighted by atomic mass is 32.1. The first-order chi connectivity index (χ1) is 21.2. The van der Waals surface area contributed by atoms with Crippen molar-refractivity contribution in [2.24, 2.45) is 0 Å². The molecule has 0 aliphatic rings. The van der Waals surface area contributed by atoms with E-state index in [-0.39, 0.29) is 46.8 Å². The van der Waals surface area contributed by atoms with Gasteiger partial charge in [0.05, 0.1) is 12.3 Å². The average Bonchev–Trinajstić information content (AvgIpc) is 3.45. The number of rotatable bonds is 10. The average molecular weight is 659 g/mol. The molecule has 2 aromatic carbocycles. The van der Waals surface area contributed by atoms with Gasteiger partial charge in [-0.2, -0.15) is 13.2 Å². The lowest BCUT2D eigenvalue weighted by Gasteiger charge is -2.13. The van der Waals surface area contributed by atoms with Crippen molar-refractivity contribution >= 4 is 22.9 Å². The molecule has 2 N–H and O–H groups in total. The van der Waals surface area contributed by atoms with Crippen LogP contribution in [0.4, 0.5) is 36.4 Å².